The third kappa shape index (κ3) is 8.21. The fourth-order valence-corrected chi connectivity index (χ4v) is 2.63. The second-order valence-corrected chi connectivity index (χ2v) is 6.10. The third-order valence-corrected chi connectivity index (χ3v) is 3.17. The van der Waals surface area contributed by atoms with Gasteiger partial charge < -0.3 is 5.11 Å². The average Bonchev–Trinajstić information content (AvgIpc) is 1.81. The Labute approximate surface area is 80.4 Å². The highest BCUT2D eigenvalue weighted by Crippen LogP contribution is 2.14. The van der Waals surface area contributed by atoms with Gasteiger partial charge in [-0.3, -0.25) is 0 Å². The SMILES string of the molecule is CC(C)(C)CS(=O)(=O)NCCCO. The van der Waals surface area contributed by atoms with E-state index in [0.717, 1.165) is 0 Å². The topological polar surface area (TPSA) is 66.4 Å². The number of hydrogen-bond acceptors (Lipinski definition) is 3. The van der Waals surface area contributed by atoms with Crippen molar-refractivity contribution in [2.45, 2.75) is 27.2 Å². The fraction of sp³-hybridized carbons (Fsp3) is 1.00. The molecular formula is C8H19NO3S. The standard InChI is InChI=1S/C8H19NO3S/c1-8(2,3)7-13(11,12)9-5-4-6-10/h9-10H,4-7H2,1-3H3. The van der Waals surface area contributed by atoms with Gasteiger partial charge in [-0.1, -0.05) is 20.8 Å². The molecule has 0 bridgehead atoms. The van der Waals surface area contributed by atoms with Crippen molar-refractivity contribution in [2.24, 2.45) is 5.41 Å². The molecule has 0 heterocycles. The van der Waals surface area contributed by atoms with E-state index in [9.17, 15) is 8.42 Å². The minimum absolute atomic E-state index is 0.0119. The highest BCUT2D eigenvalue weighted by atomic mass is 32.2. The molecule has 4 nitrogen and oxygen atoms in total. The predicted octanol–water partition coefficient (Wildman–Crippen LogP) is 0.334. The van der Waals surface area contributed by atoms with Gasteiger partial charge in [0.15, 0.2) is 0 Å². The Bertz CT molecular complexity index is 228. The molecule has 2 N–H and O–H groups in total. The summed E-state index contributed by atoms with van der Waals surface area (Å²) in [6, 6.07) is 0. The van der Waals surface area contributed by atoms with E-state index in [1.54, 1.807) is 0 Å². The Kier molecular flexibility index (Phi) is 4.88. The van der Waals surface area contributed by atoms with Gasteiger partial charge in [-0.25, -0.2) is 13.1 Å². The number of rotatable bonds is 5. The molecule has 0 fully saturated rings. The van der Waals surface area contributed by atoms with Gasteiger partial charge in [0.05, 0.1) is 5.75 Å². The molecule has 0 saturated heterocycles. The van der Waals surface area contributed by atoms with Gasteiger partial charge in [-0.2, -0.15) is 0 Å². The summed E-state index contributed by atoms with van der Waals surface area (Å²) < 4.78 is 25.1. The number of sulfonamides is 1. The van der Waals surface area contributed by atoms with Crippen molar-refractivity contribution in [3.05, 3.63) is 0 Å². The first kappa shape index (κ1) is 12.9. The molecule has 0 rings (SSSR count). The van der Waals surface area contributed by atoms with E-state index < -0.39 is 10.0 Å². The third-order valence-electron chi connectivity index (χ3n) is 1.28. The zero-order chi connectivity index (χ0) is 10.5. The Balaban J connectivity index is 3.96. The van der Waals surface area contributed by atoms with Crippen LogP contribution in [0.1, 0.15) is 27.2 Å². The summed E-state index contributed by atoms with van der Waals surface area (Å²) in [4.78, 5) is 0. The van der Waals surface area contributed by atoms with Gasteiger partial charge in [0.2, 0.25) is 10.0 Å². The Morgan fingerprint density at radius 3 is 2.23 bits per heavy atom. The van der Waals surface area contributed by atoms with E-state index in [-0.39, 0.29) is 17.8 Å². The summed E-state index contributed by atoms with van der Waals surface area (Å²) in [5.41, 5.74) is -0.231. The number of aliphatic hydroxyl groups excluding tert-OH is 1. The lowest BCUT2D eigenvalue weighted by atomic mass is 10.0. The zero-order valence-corrected chi connectivity index (χ0v) is 9.32. The largest absolute Gasteiger partial charge is 0.396 e. The van der Waals surface area contributed by atoms with E-state index in [4.69, 9.17) is 5.11 Å². The zero-order valence-electron chi connectivity index (χ0n) is 8.50. The van der Waals surface area contributed by atoms with Crippen molar-refractivity contribution in [2.75, 3.05) is 18.9 Å². The molecule has 0 saturated carbocycles. The van der Waals surface area contributed by atoms with Crippen LogP contribution in [0.4, 0.5) is 0 Å². The van der Waals surface area contributed by atoms with Crippen LogP contribution in [0.3, 0.4) is 0 Å². The van der Waals surface area contributed by atoms with E-state index in [0.29, 0.717) is 13.0 Å². The number of hydrogen-bond donors (Lipinski definition) is 2. The first-order valence-electron chi connectivity index (χ1n) is 4.35. The second kappa shape index (κ2) is 4.93. The van der Waals surface area contributed by atoms with Crippen LogP contribution in [-0.4, -0.2) is 32.4 Å². The van der Waals surface area contributed by atoms with Gasteiger partial charge in [0, 0.05) is 13.2 Å². The highest BCUT2D eigenvalue weighted by Gasteiger charge is 2.20. The van der Waals surface area contributed by atoms with Crippen LogP contribution >= 0.6 is 0 Å². The summed E-state index contributed by atoms with van der Waals surface area (Å²) in [5.74, 6) is 0.116. The van der Waals surface area contributed by atoms with Gasteiger partial charge in [-0.15, -0.1) is 0 Å². The van der Waals surface area contributed by atoms with Crippen LogP contribution in [0.25, 0.3) is 0 Å². The summed E-state index contributed by atoms with van der Waals surface area (Å²) in [7, 11) is -3.17. The first-order valence-corrected chi connectivity index (χ1v) is 6.00. The van der Waals surface area contributed by atoms with Crippen molar-refractivity contribution >= 4 is 10.0 Å². The lowest BCUT2D eigenvalue weighted by molar-refractivity contribution is 0.289. The van der Waals surface area contributed by atoms with Crippen molar-refractivity contribution in [3.8, 4) is 0 Å². The molecule has 0 amide bonds. The molecule has 0 radical (unpaired) electrons. The van der Waals surface area contributed by atoms with Crippen LogP contribution in [0, 0.1) is 5.41 Å². The Morgan fingerprint density at radius 2 is 1.85 bits per heavy atom. The molecule has 0 aliphatic rings. The first-order chi connectivity index (χ1) is 5.77. The van der Waals surface area contributed by atoms with Crippen LogP contribution in [0.15, 0.2) is 0 Å². The minimum Gasteiger partial charge on any atom is -0.396 e. The lowest BCUT2D eigenvalue weighted by Crippen LogP contribution is -2.33. The van der Waals surface area contributed by atoms with Crippen molar-refractivity contribution in [1.82, 2.24) is 4.72 Å². The van der Waals surface area contributed by atoms with Crippen molar-refractivity contribution < 1.29 is 13.5 Å². The Morgan fingerprint density at radius 1 is 1.31 bits per heavy atom. The molecule has 80 valence electrons. The molecule has 0 aromatic rings. The average molecular weight is 209 g/mol. The molecule has 5 heteroatoms. The van der Waals surface area contributed by atoms with E-state index in [1.807, 2.05) is 20.8 Å². The highest BCUT2D eigenvalue weighted by molar-refractivity contribution is 7.89. The van der Waals surface area contributed by atoms with Crippen LogP contribution < -0.4 is 4.72 Å². The molecule has 0 aliphatic heterocycles. The van der Waals surface area contributed by atoms with Crippen molar-refractivity contribution in [1.29, 1.82) is 0 Å². The summed E-state index contributed by atoms with van der Waals surface area (Å²) in [5, 5.41) is 8.46. The predicted molar refractivity (Wildman–Crippen MR) is 52.9 cm³/mol. The minimum atomic E-state index is -3.17. The number of nitrogens with one attached hydrogen (secondary N) is 1. The van der Waals surface area contributed by atoms with E-state index in [2.05, 4.69) is 4.72 Å². The molecule has 0 unspecified atom stereocenters. The molecule has 0 aromatic heterocycles. The maximum Gasteiger partial charge on any atom is 0.212 e. The van der Waals surface area contributed by atoms with Crippen molar-refractivity contribution in [3.63, 3.8) is 0 Å². The fourth-order valence-electron chi connectivity index (χ4n) is 0.928. The second-order valence-electron chi connectivity index (χ2n) is 4.29. The monoisotopic (exact) mass is 209 g/mol. The number of aliphatic hydroxyl groups is 1. The van der Waals surface area contributed by atoms with Crippen LogP contribution in [-0.2, 0) is 10.0 Å². The van der Waals surface area contributed by atoms with E-state index in [1.165, 1.54) is 0 Å². The normalized spacial score (nSPS) is 13.2. The van der Waals surface area contributed by atoms with E-state index >= 15 is 0 Å². The van der Waals surface area contributed by atoms with Gasteiger partial charge in [0.1, 0.15) is 0 Å². The molecular weight excluding hydrogens is 190 g/mol. The molecule has 0 aliphatic carbocycles. The van der Waals surface area contributed by atoms with Gasteiger partial charge >= 0.3 is 0 Å². The molecule has 0 atom stereocenters. The molecule has 13 heavy (non-hydrogen) atoms. The lowest BCUT2D eigenvalue weighted by Gasteiger charge is -2.18. The maximum atomic E-state index is 11.3. The smallest absolute Gasteiger partial charge is 0.212 e. The van der Waals surface area contributed by atoms with Crippen LogP contribution in [0.2, 0.25) is 0 Å². The van der Waals surface area contributed by atoms with Gasteiger partial charge in [0.25, 0.3) is 0 Å². The van der Waals surface area contributed by atoms with Gasteiger partial charge in [-0.05, 0) is 11.8 Å². The maximum absolute atomic E-state index is 11.3. The molecule has 0 aromatic carbocycles. The summed E-state index contributed by atoms with van der Waals surface area (Å²) in [6.07, 6.45) is 0.462. The Hall–Kier alpha value is -0.130. The van der Waals surface area contributed by atoms with Crippen LogP contribution in [0.5, 0.6) is 0 Å². The summed E-state index contributed by atoms with van der Waals surface area (Å²) >= 11 is 0. The molecule has 0 spiro atoms. The summed E-state index contributed by atoms with van der Waals surface area (Å²) in [6.45, 7) is 5.95. The quantitative estimate of drug-likeness (QED) is 0.641.